The van der Waals surface area contributed by atoms with Crippen LogP contribution in [-0.2, 0) is 15.4 Å². The number of nitrogens with one attached hydrogen (secondary N) is 1. The Balaban J connectivity index is 0.000000362. The van der Waals surface area contributed by atoms with E-state index in [0.29, 0.717) is 0 Å². The molecule has 0 aliphatic carbocycles. The molecule has 0 aliphatic rings. The van der Waals surface area contributed by atoms with Gasteiger partial charge in [-0.15, -0.1) is 0 Å². The van der Waals surface area contributed by atoms with Crippen molar-refractivity contribution in [3.63, 3.8) is 0 Å². The van der Waals surface area contributed by atoms with E-state index in [0.717, 1.165) is 12.6 Å². The second-order valence-corrected chi connectivity index (χ2v) is 6.72. The quantitative estimate of drug-likeness (QED) is 0.594. The summed E-state index contributed by atoms with van der Waals surface area (Å²) in [7, 11) is 2.24. The van der Waals surface area contributed by atoms with E-state index in [1.54, 1.807) is 14.2 Å². The lowest BCUT2D eigenvalue weighted by molar-refractivity contribution is 0.277. The predicted molar refractivity (Wildman–Crippen MR) is 83.2 cm³/mol. The van der Waals surface area contributed by atoms with Crippen molar-refractivity contribution in [2.75, 3.05) is 14.2 Å². The first-order valence-electron chi connectivity index (χ1n) is 6.72. The Kier molecular flexibility index (Phi) is 11.8. The van der Waals surface area contributed by atoms with Crippen LogP contribution in [0.15, 0.2) is 30.3 Å². The summed E-state index contributed by atoms with van der Waals surface area (Å²) in [6.07, 6.45) is 1.23. The standard InChI is InChI=1S/C9H14N2.C5H14O2Si/c1-8(10)11-7-9-5-3-2-4-6-9;1-4-5-8(6-2)7-3/h2-6,8,11H,7,10H2,1H3;8H,4-5H2,1-3H3. The Bertz CT molecular complexity index is 293. The molecule has 0 amide bonds. The molecule has 0 fully saturated rings. The summed E-state index contributed by atoms with van der Waals surface area (Å²) in [4.78, 5) is 0. The first-order chi connectivity index (χ1) is 9.13. The summed E-state index contributed by atoms with van der Waals surface area (Å²) in [5.41, 5.74) is 6.80. The molecule has 1 atom stereocenters. The van der Waals surface area contributed by atoms with Crippen LogP contribution in [0.3, 0.4) is 0 Å². The van der Waals surface area contributed by atoms with Gasteiger partial charge in [-0.3, -0.25) is 5.32 Å². The van der Waals surface area contributed by atoms with Crippen molar-refractivity contribution in [3.05, 3.63) is 35.9 Å². The minimum absolute atomic E-state index is 0.0650. The molecular formula is C14H28N2O2Si. The first kappa shape index (κ1) is 18.3. The topological polar surface area (TPSA) is 56.5 Å². The molecule has 0 saturated carbocycles. The number of benzene rings is 1. The Morgan fingerprint density at radius 1 is 1.21 bits per heavy atom. The molecule has 110 valence electrons. The van der Waals surface area contributed by atoms with Gasteiger partial charge in [-0.1, -0.05) is 43.7 Å². The largest absolute Gasteiger partial charge is 0.400 e. The number of nitrogens with two attached hydrogens (primary N) is 1. The molecule has 0 spiro atoms. The van der Waals surface area contributed by atoms with Gasteiger partial charge in [0.2, 0.25) is 0 Å². The minimum atomic E-state index is -1.19. The predicted octanol–water partition coefficient (Wildman–Crippen LogP) is 1.99. The molecule has 1 unspecified atom stereocenters. The fraction of sp³-hybridized carbons (Fsp3) is 0.571. The smallest absolute Gasteiger partial charge is 0.320 e. The van der Waals surface area contributed by atoms with Gasteiger partial charge in [0, 0.05) is 20.8 Å². The SMILES string of the molecule is CC(N)NCc1ccccc1.CCC[SiH](OC)OC. The molecule has 0 aliphatic heterocycles. The van der Waals surface area contributed by atoms with Crippen LogP contribution >= 0.6 is 0 Å². The highest BCUT2D eigenvalue weighted by Crippen LogP contribution is 1.97. The average Bonchev–Trinajstić information content (AvgIpc) is 2.44. The number of hydrogen-bond donors (Lipinski definition) is 2. The maximum Gasteiger partial charge on any atom is 0.320 e. The molecule has 0 heterocycles. The molecule has 1 aromatic carbocycles. The van der Waals surface area contributed by atoms with E-state index in [9.17, 15) is 0 Å². The van der Waals surface area contributed by atoms with Crippen LogP contribution in [0.2, 0.25) is 6.04 Å². The lowest BCUT2D eigenvalue weighted by Crippen LogP contribution is -2.33. The monoisotopic (exact) mass is 284 g/mol. The maximum absolute atomic E-state index is 5.53. The van der Waals surface area contributed by atoms with Crippen molar-refractivity contribution in [2.45, 2.75) is 39.0 Å². The zero-order chi connectivity index (χ0) is 14.5. The van der Waals surface area contributed by atoms with E-state index >= 15 is 0 Å². The van der Waals surface area contributed by atoms with Gasteiger partial charge in [-0.25, -0.2) is 0 Å². The summed E-state index contributed by atoms with van der Waals surface area (Å²) >= 11 is 0. The van der Waals surface area contributed by atoms with E-state index in [4.69, 9.17) is 14.6 Å². The van der Waals surface area contributed by atoms with Crippen molar-refractivity contribution >= 4 is 9.28 Å². The molecule has 19 heavy (non-hydrogen) atoms. The molecule has 0 saturated heterocycles. The van der Waals surface area contributed by atoms with Crippen LogP contribution in [0, 0.1) is 0 Å². The molecule has 0 bridgehead atoms. The van der Waals surface area contributed by atoms with Crippen LogP contribution < -0.4 is 11.1 Å². The van der Waals surface area contributed by atoms with Crippen molar-refractivity contribution in [2.24, 2.45) is 5.73 Å². The van der Waals surface area contributed by atoms with Crippen molar-refractivity contribution in [1.82, 2.24) is 5.32 Å². The van der Waals surface area contributed by atoms with Gasteiger partial charge in [0.1, 0.15) is 0 Å². The second kappa shape index (κ2) is 12.3. The van der Waals surface area contributed by atoms with Gasteiger partial charge in [-0.05, 0) is 18.5 Å². The summed E-state index contributed by atoms with van der Waals surface area (Å²) in [5, 5.41) is 3.14. The zero-order valence-corrected chi connectivity index (χ0v) is 13.7. The average molecular weight is 284 g/mol. The summed E-state index contributed by atoms with van der Waals surface area (Å²) in [6, 6.07) is 11.3. The van der Waals surface area contributed by atoms with Gasteiger partial charge < -0.3 is 14.6 Å². The van der Waals surface area contributed by atoms with E-state index < -0.39 is 9.28 Å². The minimum Gasteiger partial charge on any atom is -0.400 e. The fourth-order valence-electron chi connectivity index (χ4n) is 1.44. The third-order valence-electron chi connectivity index (χ3n) is 2.52. The Hall–Kier alpha value is -0.723. The molecule has 3 N–H and O–H groups in total. The van der Waals surface area contributed by atoms with Crippen LogP contribution in [-0.4, -0.2) is 29.7 Å². The summed E-state index contributed by atoms with van der Waals surface area (Å²) in [5.74, 6) is 0. The second-order valence-electron chi connectivity index (χ2n) is 4.34. The number of rotatable bonds is 7. The lowest BCUT2D eigenvalue weighted by atomic mass is 10.2. The highest BCUT2D eigenvalue weighted by atomic mass is 28.3. The maximum atomic E-state index is 5.53. The summed E-state index contributed by atoms with van der Waals surface area (Å²) in [6.45, 7) is 4.92. The first-order valence-corrected chi connectivity index (χ1v) is 8.48. The van der Waals surface area contributed by atoms with Crippen molar-refractivity contribution in [3.8, 4) is 0 Å². The van der Waals surface area contributed by atoms with Crippen LogP contribution in [0.5, 0.6) is 0 Å². The Labute approximate surface area is 119 Å². The molecule has 4 nitrogen and oxygen atoms in total. The van der Waals surface area contributed by atoms with Crippen LogP contribution in [0.4, 0.5) is 0 Å². The highest BCUT2D eigenvalue weighted by Gasteiger charge is 2.05. The molecule has 0 aromatic heterocycles. The van der Waals surface area contributed by atoms with Crippen LogP contribution in [0.25, 0.3) is 0 Å². The van der Waals surface area contributed by atoms with E-state index in [2.05, 4.69) is 24.4 Å². The van der Waals surface area contributed by atoms with Gasteiger partial charge in [0.15, 0.2) is 0 Å². The molecular weight excluding hydrogens is 256 g/mol. The van der Waals surface area contributed by atoms with E-state index in [1.165, 1.54) is 12.0 Å². The van der Waals surface area contributed by atoms with E-state index in [1.807, 2.05) is 25.1 Å². The Morgan fingerprint density at radius 3 is 2.16 bits per heavy atom. The Morgan fingerprint density at radius 2 is 1.79 bits per heavy atom. The molecule has 0 radical (unpaired) electrons. The third kappa shape index (κ3) is 10.9. The fourth-order valence-corrected chi connectivity index (χ4v) is 2.58. The van der Waals surface area contributed by atoms with Gasteiger partial charge in [0.05, 0.1) is 6.17 Å². The van der Waals surface area contributed by atoms with Gasteiger partial charge in [-0.2, -0.15) is 0 Å². The van der Waals surface area contributed by atoms with Crippen LogP contribution in [0.1, 0.15) is 25.8 Å². The summed E-state index contributed by atoms with van der Waals surface area (Å²) < 4.78 is 10.1. The lowest BCUT2D eigenvalue weighted by Gasteiger charge is -2.07. The highest BCUT2D eigenvalue weighted by molar-refractivity contribution is 6.44. The molecule has 1 rings (SSSR count). The van der Waals surface area contributed by atoms with Gasteiger partial charge in [0.25, 0.3) is 0 Å². The normalized spacial score (nSPS) is 11.9. The van der Waals surface area contributed by atoms with Gasteiger partial charge >= 0.3 is 9.28 Å². The third-order valence-corrected chi connectivity index (χ3v) is 4.62. The molecule has 5 heteroatoms. The van der Waals surface area contributed by atoms with E-state index in [-0.39, 0.29) is 6.17 Å². The number of hydrogen-bond acceptors (Lipinski definition) is 4. The van der Waals surface area contributed by atoms with Crippen molar-refractivity contribution in [1.29, 1.82) is 0 Å². The van der Waals surface area contributed by atoms with Crippen molar-refractivity contribution < 1.29 is 8.85 Å². The zero-order valence-electron chi connectivity index (χ0n) is 12.6. The molecule has 1 aromatic rings.